The molecule has 0 radical (unpaired) electrons. The van der Waals surface area contributed by atoms with Crippen molar-refractivity contribution in [3.05, 3.63) is 45.7 Å². The molecule has 0 saturated heterocycles. The van der Waals surface area contributed by atoms with Crippen LogP contribution in [0, 0.1) is 0 Å². The van der Waals surface area contributed by atoms with E-state index in [0.717, 1.165) is 10.7 Å². The van der Waals surface area contributed by atoms with E-state index in [0.29, 0.717) is 22.1 Å². The van der Waals surface area contributed by atoms with Crippen molar-refractivity contribution >= 4 is 54.8 Å². The van der Waals surface area contributed by atoms with Gasteiger partial charge < -0.3 is 10.3 Å². The summed E-state index contributed by atoms with van der Waals surface area (Å²) in [4.78, 5) is 14.8. The van der Waals surface area contributed by atoms with Gasteiger partial charge in [-0.3, -0.25) is 9.52 Å². The smallest absolute Gasteiger partial charge is 0.272 e. The Morgan fingerprint density at radius 2 is 2.05 bits per heavy atom. The van der Waals surface area contributed by atoms with Gasteiger partial charge in [0.15, 0.2) is 0 Å². The molecular formula is C12H11BrClN3O3S. The molecule has 1 aromatic heterocycles. The molecular weight excluding hydrogens is 382 g/mol. The summed E-state index contributed by atoms with van der Waals surface area (Å²) in [7, 11) is -3.40. The van der Waals surface area contributed by atoms with Crippen molar-refractivity contribution in [2.75, 3.05) is 16.3 Å². The van der Waals surface area contributed by atoms with Gasteiger partial charge in [-0.25, -0.2) is 8.42 Å². The minimum absolute atomic E-state index is 0.299. The van der Waals surface area contributed by atoms with E-state index in [1.54, 1.807) is 12.3 Å². The molecule has 112 valence electrons. The summed E-state index contributed by atoms with van der Waals surface area (Å²) >= 11 is 9.22. The minimum Gasteiger partial charge on any atom is -0.356 e. The molecule has 0 atom stereocenters. The Balaban J connectivity index is 2.23. The van der Waals surface area contributed by atoms with E-state index in [2.05, 4.69) is 31.0 Å². The highest BCUT2D eigenvalue weighted by molar-refractivity contribution is 9.10. The van der Waals surface area contributed by atoms with E-state index >= 15 is 0 Å². The second-order valence-corrected chi connectivity index (χ2v) is 7.33. The number of nitrogens with one attached hydrogen (secondary N) is 3. The van der Waals surface area contributed by atoms with Gasteiger partial charge in [-0.05, 0) is 40.2 Å². The molecule has 0 saturated carbocycles. The van der Waals surface area contributed by atoms with Gasteiger partial charge in [0.25, 0.3) is 5.91 Å². The fourth-order valence-electron chi connectivity index (χ4n) is 1.59. The third-order valence-corrected chi connectivity index (χ3v) is 3.80. The second-order valence-electron chi connectivity index (χ2n) is 4.25. The van der Waals surface area contributed by atoms with Crippen molar-refractivity contribution in [2.24, 2.45) is 0 Å². The molecule has 21 heavy (non-hydrogen) atoms. The number of H-pyrrole nitrogens is 1. The van der Waals surface area contributed by atoms with Gasteiger partial charge in [0.2, 0.25) is 10.0 Å². The number of hydrogen-bond acceptors (Lipinski definition) is 3. The Kier molecular flexibility index (Phi) is 4.60. The number of amides is 1. The van der Waals surface area contributed by atoms with Crippen molar-refractivity contribution in [3.63, 3.8) is 0 Å². The number of carbonyl (C=O) groups excluding carboxylic acids is 1. The first-order valence-corrected chi connectivity index (χ1v) is 8.73. The summed E-state index contributed by atoms with van der Waals surface area (Å²) in [6, 6.07) is 6.06. The first kappa shape index (κ1) is 15.9. The number of aromatic nitrogens is 1. The lowest BCUT2D eigenvalue weighted by atomic mass is 10.2. The Labute approximate surface area is 135 Å². The third-order valence-electron chi connectivity index (χ3n) is 2.41. The highest BCUT2D eigenvalue weighted by atomic mass is 79.9. The molecule has 2 aromatic rings. The maximum absolute atomic E-state index is 12.0. The monoisotopic (exact) mass is 391 g/mol. The van der Waals surface area contributed by atoms with Crippen LogP contribution in [-0.4, -0.2) is 25.6 Å². The van der Waals surface area contributed by atoms with Crippen molar-refractivity contribution in [2.45, 2.75) is 0 Å². The Morgan fingerprint density at radius 1 is 1.33 bits per heavy atom. The van der Waals surface area contributed by atoms with Gasteiger partial charge in [0.1, 0.15) is 5.69 Å². The van der Waals surface area contributed by atoms with Gasteiger partial charge in [0, 0.05) is 10.7 Å². The lowest BCUT2D eigenvalue weighted by molar-refractivity contribution is 0.102. The molecule has 0 spiro atoms. The fraction of sp³-hybridized carbons (Fsp3) is 0.0833. The van der Waals surface area contributed by atoms with Crippen LogP contribution in [0.3, 0.4) is 0 Å². The summed E-state index contributed by atoms with van der Waals surface area (Å²) in [5.41, 5.74) is 0.963. The fourth-order valence-corrected chi connectivity index (χ4v) is 2.65. The molecule has 3 N–H and O–H groups in total. The first-order valence-electron chi connectivity index (χ1n) is 5.67. The number of hydrogen-bond donors (Lipinski definition) is 3. The van der Waals surface area contributed by atoms with Crippen LogP contribution in [0.25, 0.3) is 0 Å². The highest BCUT2D eigenvalue weighted by Crippen LogP contribution is 2.26. The van der Waals surface area contributed by atoms with Crippen LogP contribution in [0.4, 0.5) is 11.4 Å². The predicted molar refractivity (Wildman–Crippen MR) is 86.4 cm³/mol. The average Bonchev–Trinajstić information content (AvgIpc) is 2.78. The van der Waals surface area contributed by atoms with Crippen molar-refractivity contribution in [1.29, 1.82) is 0 Å². The summed E-state index contributed by atoms with van der Waals surface area (Å²) in [6.45, 7) is 0. The van der Waals surface area contributed by atoms with Gasteiger partial charge in [-0.15, -0.1) is 0 Å². The zero-order chi connectivity index (χ0) is 15.6. The lowest BCUT2D eigenvalue weighted by Gasteiger charge is -2.09. The first-order chi connectivity index (χ1) is 9.74. The minimum atomic E-state index is -3.40. The number of aromatic amines is 1. The molecule has 2 rings (SSSR count). The largest absolute Gasteiger partial charge is 0.356 e. The number of rotatable bonds is 4. The number of benzene rings is 1. The zero-order valence-electron chi connectivity index (χ0n) is 10.8. The molecule has 0 aliphatic rings. The molecule has 0 bridgehead atoms. The van der Waals surface area contributed by atoms with Crippen molar-refractivity contribution < 1.29 is 13.2 Å². The molecule has 0 aliphatic heterocycles. The van der Waals surface area contributed by atoms with Crippen LogP contribution in [0.5, 0.6) is 0 Å². The van der Waals surface area contributed by atoms with Crippen LogP contribution in [0.15, 0.2) is 34.9 Å². The maximum atomic E-state index is 12.0. The number of halogens is 2. The summed E-state index contributed by atoms with van der Waals surface area (Å²) in [6.07, 6.45) is 2.66. The molecule has 1 aromatic carbocycles. The Bertz CT molecular complexity index is 789. The molecule has 0 aliphatic carbocycles. The molecule has 1 amide bonds. The Hall–Kier alpha value is -1.51. The van der Waals surface area contributed by atoms with E-state index in [-0.39, 0.29) is 5.91 Å². The SMILES string of the molecule is CS(=O)(=O)Nc1ccc(Cl)c(NC(=O)c2cc(Br)c[nH]2)c1. The second kappa shape index (κ2) is 6.08. The van der Waals surface area contributed by atoms with Crippen LogP contribution in [0.1, 0.15) is 10.5 Å². The van der Waals surface area contributed by atoms with Gasteiger partial charge >= 0.3 is 0 Å². The normalized spacial score (nSPS) is 11.2. The maximum Gasteiger partial charge on any atom is 0.272 e. The van der Waals surface area contributed by atoms with E-state index in [4.69, 9.17) is 11.6 Å². The molecule has 0 unspecified atom stereocenters. The zero-order valence-corrected chi connectivity index (χ0v) is 13.9. The highest BCUT2D eigenvalue weighted by Gasteiger charge is 2.12. The number of anilines is 2. The number of sulfonamides is 1. The topological polar surface area (TPSA) is 91.1 Å². The van der Waals surface area contributed by atoms with Gasteiger partial charge in [-0.1, -0.05) is 11.6 Å². The van der Waals surface area contributed by atoms with Crippen LogP contribution in [-0.2, 0) is 10.0 Å². The summed E-state index contributed by atoms with van der Waals surface area (Å²) in [5.74, 6) is -0.390. The third kappa shape index (κ3) is 4.48. The van der Waals surface area contributed by atoms with E-state index in [9.17, 15) is 13.2 Å². The van der Waals surface area contributed by atoms with Crippen LogP contribution in [0.2, 0.25) is 5.02 Å². The van der Waals surface area contributed by atoms with Gasteiger partial charge in [0.05, 0.1) is 22.7 Å². The average molecular weight is 393 g/mol. The summed E-state index contributed by atoms with van der Waals surface area (Å²) in [5, 5.41) is 2.91. The lowest BCUT2D eigenvalue weighted by Crippen LogP contribution is -2.14. The number of carbonyl (C=O) groups is 1. The summed E-state index contributed by atoms with van der Waals surface area (Å²) < 4.78 is 25.5. The molecule has 6 nitrogen and oxygen atoms in total. The van der Waals surface area contributed by atoms with E-state index in [1.807, 2.05) is 0 Å². The Morgan fingerprint density at radius 3 is 2.62 bits per heavy atom. The van der Waals surface area contributed by atoms with Crippen molar-refractivity contribution in [3.8, 4) is 0 Å². The predicted octanol–water partition coefficient (Wildman–Crippen LogP) is 3.05. The van der Waals surface area contributed by atoms with Gasteiger partial charge in [-0.2, -0.15) is 0 Å². The quantitative estimate of drug-likeness (QED) is 0.747. The van der Waals surface area contributed by atoms with Crippen LogP contribution >= 0.6 is 27.5 Å². The molecule has 9 heteroatoms. The van der Waals surface area contributed by atoms with E-state index < -0.39 is 10.0 Å². The standard InChI is InChI=1S/C12H11BrClN3O3S/c1-21(19,20)17-8-2-3-9(14)10(5-8)16-12(18)11-4-7(13)6-15-11/h2-6,15,17H,1H3,(H,16,18). The van der Waals surface area contributed by atoms with Crippen LogP contribution < -0.4 is 10.0 Å². The molecule has 1 heterocycles. The molecule has 0 fully saturated rings. The van der Waals surface area contributed by atoms with Crippen molar-refractivity contribution in [1.82, 2.24) is 4.98 Å². The van der Waals surface area contributed by atoms with E-state index in [1.165, 1.54) is 18.2 Å².